The molecule has 0 heterocycles. The second-order valence-electron chi connectivity index (χ2n) is 11.4. The number of halogens is 1. The van der Waals surface area contributed by atoms with Crippen molar-refractivity contribution in [1.82, 2.24) is 0 Å². The van der Waals surface area contributed by atoms with Gasteiger partial charge in [0.1, 0.15) is 0 Å². The van der Waals surface area contributed by atoms with Gasteiger partial charge >= 0.3 is 0 Å². The van der Waals surface area contributed by atoms with E-state index in [4.69, 9.17) is 4.99 Å². The van der Waals surface area contributed by atoms with Crippen LogP contribution in [0.4, 0.5) is 5.69 Å². The molecule has 1 nitrogen and oxygen atoms in total. The Balaban J connectivity index is 1.30. The van der Waals surface area contributed by atoms with Crippen molar-refractivity contribution in [1.29, 1.82) is 0 Å². The smallest absolute Gasteiger partial charge is 0.0725 e. The maximum Gasteiger partial charge on any atom is 0.0725 e. The molecular weight excluding hydrogens is 574 g/mol. The second-order valence-corrected chi connectivity index (χ2v) is 12.3. The molecule has 1 atom stereocenters. The number of nitrogens with zero attached hydrogens (tertiary/aromatic N) is 1. The summed E-state index contributed by atoms with van der Waals surface area (Å²) in [7, 11) is 0. The molecule has 0 radical (unpaired) electrons. The molecule has 0 aromatic heterocycles. The number of benzene rings is 6. The lowest BCUT2D eigenvalue weighted by Gasteiger charge is -2.30. The van der Waals surface area contributed by atoms with Crippen molar-refractivity contribution in [3.8, 4) is 33.4 Å². The highest BCUT2D eigenvalue weighted by Gasteiger charge is 2.51. The minimum atomic E-state index is -0.324. The molecule has 2 aliphatic rings. The van der Waals surface area contributed by atoms with E-state index in [9.17, 15) is 0 Å². The fourth-order valence-corrected chi connectivity index (χ4v) is 7.52. The summed E-state index contributed by atoms with van der Waals surface area (Å²) in [5, 5.41) is 0. The van der Waals surface area contributed by atoms with Gasteiger partial charge in [-0.15, -0.1) is 0 Å². The fraction of sp³-hybridized carbons (Fsp3) is 0.0750. The zero-order valence-electron chi connectivity index (χ0n) is 23.5. The number of para-hydroxylation sites is 1. The van der Waals surface area contributed by atoms with Crippen LogP contribution in [0.25, 0.3) is 33.4 Å². The first-order valence-corrected chi connectivity index (χ1v) is 15.2. The first-order chi connectivity index (χ1) is 20.6. The molecule has 0 amide bonds. The molecular formula is C40H28BrN. The predicted molar refractivity (Wildman–Crippen MR) is 179 cm³/mol. The van der Waals surface area contributed by atoms with Gasteiger partial charge in [-0.1, -0.05) is 119 Å². The molecule has 2 heteroatoms. The number of hydrogen-bond donors (Lipinski definition) is 0. The number of aliphatic imine (C=N–C) groups is 1. The predicted octanol–water partition coefficient (Wildman–Crippen LogP) is 10.9. The Bertz CT molecular complexity index is 2080. The molecule has 6 aromatic carbocycles. The van der Waals surface area contributed by atoms with Gasteiger partial charge in [0, 0.05) is 10.2 Å². The maximum absolute atomic E-state index is 4.96. The molecule has 8 rings (SSSR count). The van der Waals surface area contributed by atoms with Gasteiger partial charge in [-0.05, 0) is 111 Å². The van der Waals surface area contributed by atoms with Crippen molar-refractivity contribution in [3.05, 3.63) is 171 Å². The highest BCUT2D eigenvalue weighted by molar-refractivity contribution is 9.10. The van der Waals surface area contributed by atoms with E-state index < -0.39 is 0 Å². The van der Waals surface area contributed by atoms with E-state index in [1.165, 1.54) is 61.2 Å². The van der Waals surface area contributed by atoms with E-state index in [2.05, 4.69) is 157 Å². The third-order valence-electron chi connectivity index (χ3n) is 9.07. The van der Waals surface area contributed by atoms with E-state index >= 15 is 0 Å². The quantitative estimate of drug-likeness (QED) is 0.178. The van der Waals surface area contributed by atoms with Gasteiger partial charge in [0.25, 0.3) is 0 Å². The second kappa shape index (κ2) is 9.51. The van der Waals surface area contributed by atoms with Crippen LogP contribution in [0.5, 0.6) is 0 Å². The number of rotatable bonds is 3. The SMILES string of the molecule is C/C(=N\c1ccccc1C)c1cccc(-c2ccc3c(c2)-c2ccccc2C32c3ccccc3-c3cc(Br)ccc32)c1. The number of fused-ring (bicyclic) bond motifs is 10. The van der Waals surface area contributed by atoms with E-state index in [0.29, 0.717) is 0 Å². The Labute approximate surface area is 255 Å². The van der Waals surface area contributed by atoms with Crippen molar-refractivity contribution >= 4 is 27.3 Å². The fourth-order valence-electron chi connectivity index (χ4n) is 7.16. The molecule has 200 valence electrons. The van der Waals surface area contributed by atoms with Gasteiger partial charge in [-0.25, -0.2) is 0 Å². The van der Waals surface area contributed by atoms with E-state index in [1.807, 2.05) is 6.07 Å². The van der Waals surface area contributed by atoms with E-state index in [1.54, 1.807) is 0 Å². The van der Waals surface area contributed by atoms with E-state index in [0.717, 1.165) is 21.4 Å². The first-order valence-electron chi connectivity index (χ1n) is 14.4. The van der Waals surface area contributed by atoms with Crippen molar-refractivity contribution in [3.63, 3.8) is 0 Å². The van der Waals surface area contributed by atoms with Crippen molar-refractivity contribution in [2.75, 3.05) is 0 Å². The Morgan fingerprint density at radius 3 is 1.88 bits per heavy atom. The highest BCUT2D eigenvalue weighted by atomic mass is 79.9. The van der Waals surface area contributed by atoms with Crippen molar-refractivity contribution in [2.24, 2.45) is 4.99 Å². The van der Waals surface area contributed by atoms with Gasteiger partial charge in [0.15, 0.2) is 0 Å². The molecule has 42 heavy (non-hydrogen) atoms. The van der Waals surface area contributed by atoms with Crippen LogP contribution >= 0.6 is 15.9 Å². The Morgan fingerprint density at radius 2 is 1.14 bits per heavy atom. The molecule has 0 fully saturated rings. The van der Waals surface area contributed by atoms with Crippen LogP contribution in [0.1, 0.15) is 40.3 Å². The summed E-state index contributed by atoms with van der Waals surface area (Å²) in [6.45, 7) is 4.21. The summed E-state index contributed by atoms with van der Waals surface area (Å²) in [6.07, 6.45) is 0. The molecule has 0 saturated heterocycles. The standard InChI is InChI=1S/C40H28BrN/c1-25-10-3-8-17-39(25)42-26(2)27-11-9-12-28(22-27)29-18-20-37-33(23-29)31-13-4-6-15-35(31)40(37)36-16-7-5-14-32(36)34-24-30(41)19-21-38(34)40/h3-24H,1-2H3/b42-26+. The third kappa shape index (κ3) is 3.58. The third-order valence-corrected chi connectivity index (χ3v) is 9.56. The summed E-state index contributed by atoms with van der Waals surface area (Å²) in [4.78, 5) is 4.96. The minimum Gasteiger partial charge on any atom is -0.253 e. The van der Waals surface area contributed by atoms with Crippen molar-refractivity contribution < 1.29 is 0 Å². The molecule has 1 spiro atoms. The molecule has 0 N–H and O–H groups in total. The van der Waals surface area contributed by atoms with E-state index in [-0.39, 0.29) is 5.41 Å². The summed E-state index contributed by atoms with van der Waals surface area (Å²) < 4.78 is 1.11. The molecule has 2 aliphatic carbocycles. The summed E-state index contributed by atoms with van der Waals surface area (Å²) in [5.74, 6) is 0. The van der Waals surface area contributed by atoms with Gasteiger partial charge in [-0.2, -0.15) is 0 Å². The molecule has 0 bridgehead atoms. The zero-order chi connectivity index (χ0) is 28.4. The molecule has 6 aromatic rings. The van der Waals surface area contributed by atoms with Gasteiger partial charge in [0.05, 0.1) is 11.1 Å². The molecule has 0 saturated carbocycles. The Kier molecular flexibility index (Phi) is 5.70. The van der Waals surface area contributed by atoms with Crippen LogP contribution in [0.3, 0.4) is 0 Å². The largest absolute Gasteiger partial charge is 0.253 e. The van der Waals surface area contributed by atoms with Gasteiger partial charge in [-0.3, -0.25) is 4.99 Å². The van der Waals surface area contributed by atoms with Crippen LogP contribution in [0.15, 0.2) is 143 Å². The van der Waals surface area contributed by atoms with Crippen molar-refractivity contribution in [2.45, 2.75) is 19.3 Å². The average molecular weight is 603 g/mol. The highest BCUT2D eigenvalue weighted by Crippen LogP contribution is 2.63. The number of aryl methyl sites for hydroxylation is 1. The monoisotopic (exact) mass is 601 g/mol. The van der Waals surface area contributed by atoms with Gasteiger partial charge in [0.2, 0.25) is 0 Å². The van der Waals surface area contributed by atoms with Crippen LogP contribution in [0, 0.1) is 6.92 Å². The lowest BCUT2D eigenvalue weighted by atomic mass is 9.70. The van der Waals surface area contributed by atoms with Crippen LogP contribution in [-0.2, 0) is 5.41 Å². The average Bonchev–Trinajstić information content (AvgIpc) is 3.48. The molecule has 1 unspecified atom stereocenters. The summed E-state index contributed by atoms with van der Waals surface area (Å²) in [5.41, 5.74) is 17.1. The van der Waals surface area contributed by atoms with Crippen LogP contribution < -0.4 is 0 Å². The van der Waals surface area contributed by atoms with Gasteiger partial charge < -0.3 is 0 Å². The zero-order valence-corrected chi connectivity index (χ0v) is 25.1. The van der Waals surface area contributed by atoms with Crippen LogP contribution in [0.2, 0.25) is 0 Å². The maximum atomic E-state index is 4.96. The minimum absolute atomic E-state index is 0.324. The topological polar surface area (TPSA) is 12.4 Å². The molecule has 0 aliphatic heterocycles. The number of hydrogen-bond acceptors (Lipinski definition) is 1. The first kappa shape index (κ1) is 25.2. The lowest BCUT2D eigenvalue weighted by Crippen LogP contribution is -2.25. The lowest BCUT2D eigenvalue weighted by molar-refractivity contribution is 0.793. The Morgan fingerprint density at radius 1 is 0.548 bits per heavy atom. The summed E-state index contributed by atoms with van der Waals surface area (Å²) >= 11 is 3.74. The summed E-state index contributed by atoms with van der Waals surface area (Å²) in [6, 6.07) is 48.9. The van der Waals surface area contributed by atoms with Crippen LogP contribution in [-0.4, -0.2) is 5.71 Å². The normalized spacial score (nSPS) is 16.2. The Hall–Kier alpha value is -4.53.